The Balaban J connectivity index is 3.27. The summed E-state index contributed by atoms with van der Waals surface area (Å²) in [5, 5.41) is 10.7. The van der Waals surface area contributed by atoms with Crippen LogP contribution in [0.15, 0.2) is 24.8 Å². The molecule has 73 valence electrons. The van der Waals surface area contributed by atoms with Crippen LogP contribution in [0.2, 0.25) is 0 Å². The standard InChI is InChI=1S/C10H10NO3/c1-3-8-6-5-7-9(14-4-2)10(8)11(12)13/h5-7H,1,4H2,2H3. The number of benzene rings is 1. The Labute approximate surface area is 82.0 Å². The normalized spacial score (nSPS) is 9.50. The van der Waals surface area contributed by atoms with Crippen LogP contribution in [0.5, 0.6) is 5.75 Å². The summed E-state index contributed by atoms with van der Waals surface area (Å²) in [7, 11) is 0. The maximum Gasteiger partial charge on any atom is 0.318 e. The minimum atomic E-state index is -0.488. The molecule has 0 saturated heterocycles. The van der Waals surface area contributed by atoms with Crippen LogP contribution in [0.4, 0.5) is 5.69 Å². The van der Waals surface area contributed by atoms with E-state index in [1.165, 1.54) is 0 Å². The lowest BCUT2D eigenvalue weighted by Crippen LogP contribution is -1.99. The second-order valence-electron chi connectivity index (χ2n) is 2.52. The summed E-state index contributed by atoms with van der Waals surface area (Å²) in [5.41, 5.74) is 0.269. The summed E-state index contributed by atoms with van der Waals surface area (Å²) in [6.45, 7) is 5.55. The predicted molar refractivity (Wildman–Crippen MR) is 52.2 cm³/mol. The zero-order valence-electron chi connectivity index (χ0n) is 7.82. The molecule has 1 rings (SSSR count). The van der Waals surface area contributed by atoms with E-state index < -0.39 is 4.92 Å². The Morgan fingerprint density at radius 3 is 2.86 bits per heavy atom. The van der Waals surface area contributed by atoms with Gasteiger partial charge in [-0.2, -0.15) is 0 Å². The van der Waals surface area contributed by atoms with E-state index in [-0.39, 0.29) is 11.4 Å². The molecule has 1 radical (unpaired) electrons. The van der Waals surface area contributed by atoms with Gasteiger partial charge in [0.2, 0.25) is 0 Å². The van der Waals surface area contributed by atoms with Crippen molar-refractivity contribution < 1.29 is 9.66 Å². The molecule has 0 amide bonds. The summed E-state index contributed by atoms with van der Waals surface area (Å²) < 4.78 is 5.13. The molecule has 0 spiro atoms. The number of ether oxygens (including phenoxy) is 1. The molecule has 0 heterocycles. The first kappa shape index (κ1) is 10.2. The highest BCUT2D eigenvalue weighted by atomic mass is 16.6. The molecular formula is C10H10NO3. The van der Waals surface area contributed by atoms with Crippen LogP contribution in [0, 0.1) is 16.2 Å². The fraction of sp³-hybridized carbons (Fsp3) is 0.200. The zero-order chi connectivity index (χ0) is 10.6. The Kier molecular flexibility index (Phi) is 3.23. The van der Waals surface area contributed by atoms with Gasteiger partial charge in [-0.15, -0.1) is 0 Å². The van der Waals surface area contributed by atoms with E-state index in [1.807, 2.05) is 0 Å². The van der Waals surface area contributed by atoms with Crippen molar-refractivity contribution in [1.29, 1.82) is 0 Å². The zero-order valence-corrected chi connectivity index (χ0v) is 7.82. The first-order valence-electron chi connectivity index (χ1n) is 4.14. The van der Waals surface area contributed by atoms with E-state index in [9.17, 15) is 10.1 Å². The average molecular weight is 192 g/mol. The monoisotopic (exact) mass is 192 g/mol. The molecule has 14 heavy (non-hydrogen) atoms. The number of nitro groups is 1. The highest BCUT2D eigenvalue weighted by molar-refractivity contribution is 5.54. The molecule has 4 heteroatoms. The number of nitrogens with zero attached hydrogens (tertiary/aromatic N) is 1. The van der Waals surface area contributed by atoms with E-state index in [4.69, 9.17) is 4.74 Å². The van der Waals surface area contributed by atoms with Gasteiger partial charge in [0.15, 0.2) is 5.75 Å². The van der Waals surface area contributed by atoms with Gasteiger partial charge >= 0.3 is 5.69 Å². The molecule has 4 nitrogen and oxygen atoms in total. The molecular weight excluding hydrogens is 182 g/mol. The molecule has 0 atom stereocenters. The third-order valence-electron chi connectivity index (χ3n) is 1.67. The summed E-state index contributed by atoms with van der Waals surface area (Å²) in [6.07, 6.45) is 2.50. The summed E-state index contributed by atoms with van der Waals surface area (Å²) in [6, 6.07) is 4.81. The van der Waals surface area contributed by atoms with Gasteiger partial charge < -0.3 is 4.74 Å². The highest BCUT2D eigenvalue weighted by Gasteiger charge is 2.18. The first-order valence-corrected chi connectivity index (χ1v) is 4.14. The number of para-hydroxylation sites is 1. The van der Waals surface area contributed by atoms with E-state index in [2.05, 4.69) is 12.7 Å². The highest BCUT2D eigenvalue weighted by Crippen LogP contribution is 2.30. The Bertz CT molecular complexity index is 360. The van der Waals surface area contributed by atoms with Gasteiger partial charge in [0.05, 0.1) is 17.1 Å². The smallest absolute Gasteiger partial charge is 0.318 e. The first-order chi connectivity index (χ1) is 6.70. The van der Waals surface area contributed by atoms with Crippen molar-refractivity contribution in [3.63, 3.8) is 0 Å². The molecule has 0 fully saturated rings. The SMILES string of the molecule is C=[C]c1cccc(OCC)c1[N+](=O)[O-]. The van der Waals surface area contributed by atoms with E-state index >= 15 is 0 Å². The van der Waals surface area contributed by atoms with Crippen molar-refractivity contribution in [1.82, 2.24) is 0 Å². The van der Waals surface area contributed by atoms with E-state index in [0.717, 1.165) is 0 Å². The molecule has 0 bridgehead atoms. The number of nitro benzene ring substituents is 1. The number of hydrogen-bond donors (Lipinski definition) is 0. The lowest BCUT2D eigenvalue weighted by molar-refractivity contribution is -0.386. The van der Waals surface area contributed by atoms with Gasteiger partial charge in [0.25, 0.3) is 0 Å². The third kappa shape index (κ3) is 1.90. The molecule has 0 N–H and O–H groups in total. The average Bonchev–Trinajstić information content (AvgIpc) is 2.17. The van der Waals surface area contributed by atoms with Gasteiger partial charge in [-0.05, 0) is 25.1 Å². The summed E-state index contributed by atoms with van der Waals surface area (Å²) in [4.78, 5) is 10.2. The number of rotatable bonds is 4. The van der Waals surface area contributed by atoms with Crippen molar-refractivity contribution in [3.05, 3.63) is 46.5 Å². The second kappa shape index (κ2) is 4.41. The maximum atomic E-state index is 10.7. The van der Waals surface area contributed by atoms with Crippen molar-refractivity contribution in [2.45, 2.75) is 6.92 Å². The maximum absolute atomic E-state index is 10.7. The largest absolute Gasteiger partial charge is 0.487 e. The van der Waals surface area contributed by atoms with Gasteiger partial charge in [0.1, 0.15) is 0 Å². The van der Waals surface area contributed by atoms with Crippen molar-refractivity contribution in [3.8, 4) is 5.75 Å². The van der Waals surface area contributed by atoms with Crippen molar-refractivity contribution in [2.24, 2.45) is 0 Å². The Morgan fingerprint density at radius 1 is 1.64 bits per heavy atom. The van der Waals surface area contributed by atoms with Crippen LogP contribution >= 0.6 is 0 Å². The minimum Gasteiger partial charge on any atom is -0.487 e. The molecule has 0 aliphatic rings. The topological polar surface area (TPSA) is 52.4 Å². The van der Waals surface area contributed by atoms with Crippen LogP contribution in [0.25, 0.3) is 0 Å². The Morgan fingerprint density at radius 2 is 2.36 bits per heavy atom. The molecule has 1 aromatic rings. The van der Waals surface area contributed by atoms with Crippen molar-refractivity contribution in [2.75, 3.05) is 6.61 Å². The van der Waals surface area contributed by atoms with Crippen LogP contribution in [-0.2, 0) is 0 Å². The van der Waals surface area contributed by atoms with E-state index in [0.29, 0.717) is 12.2 Å². The minimum absolute atomic E-state index is 0.0793. The van der Waals surface area contributed by atoms with Gasteiger partial charge in [-0.3, -0.25) is 10.1 Å². The molecule has 0 unspecified atom stereocenters. The number of hydrogen-bond acceptors (Lipinski definition) is 3. The quantitative estimate of drug-likeness (QED) is 0.543. The van der Waals surface area contributed by atoms with E-state index in [1.54, 1.807) is 25.1 Å². The lowest BCUT2D eigenvalue weighted by atomic mass is 10.1. The van der Waals surface area contributed by atoms with Crippen LogP contribution in [0.1, 0.15) is 12.5 Å². The summed E-state index contributed by atoms with van der Waals surface area (Å²) >= 11 is 0. The molecule has 0 saturated carbocycles. The Hall–Kier alpha value is -1.84. The molecule has 0 aromatic heterocycles. The predicted octanol–water partition coefficient (Wildman–Crippen LogP) is 2.33. The van der Waals surface area contributed by atoms with Crippen LogP contribution in [0.3, 0.4) is 0 Å². The molecule has 1 aromatic carbocycles. The fourth-order valence-electron chi connectivity index (χ4n) is 1.13. The van der Waals surface area contributed by atoms with Gasteiger partial charge in [-0.25, -0.2) is 0 Å². The second-order valence-corrected chi connectivity index (χ2v) is 2.52. The fourth-order valence-corrected chi connectivity index (χ4v) is 1.13. The molecule has 0 aliphatic heterocycles. The van der Waals surface area contributed by atoms with Crippen molar-refractivity contribution >= 4 is 5.69 Å². The van der Waals surface area contributed by atoms with Crippen LogP contribution in [-0.4, -0.2) is 11.5 Å². The third-order valence-corrected chi connectivity index (χ3v) is 1.67. The lowest BCUT2D eigenvalue weighted by Gasteiger charge is -2.05. The molecule has 0 aliphatic carbocycles. The van der Waals surface area contributed by atoms with Crippen LogP contribution < -0.4 is 4.74 Å². The van der Waals surface area contributed by atoms with Gasteiger partial charge in [-0.1, -0.05) is 12.6 Å². The van der Waals surface area contributed by atoms with Gasteiger partial charge in [0, 0.05) is 0 Å². The summed E-state index contributed by atoms with van der Waals surface area (Å²) in [5.74, 6) is 0.256.